The molecule has 0 saturated carbocycles. The molecule has 0 saturated heterocycles. The smallest absolute Gasteiger partial charge is 0.140 e. The Morgan fingerprint density at radius 1 is 1.17 bits per heavy atom. The van der Waals surface area contributed by atoms with Gasteiger partial charge in [0.1, 0.15) is 6.17 Å². The fourth-order valence-corrected chi connectivity index (χ4v) is 1.41. The van der Waals surface area contributed by atoms with Crippen LogP contribution in [0.4, 0.5) is 0 Å². The normalized spacial score (nSPS) is 13.8. The van der Waals surface area contributed by atoms with E-state index in [1.54, 1.807) is 0 Å². The van der Waals surface area contributed by atoms with E-state index in [1.807, 2.05) is 0 Å². The van der Waals surface area contributed by atoms with Crippen LogP contribution < -0.4 is 10.2 Å². The SMILES string of the molecule is CCCCCNC(CC)[NH+](C)C. The number of hydrogen-bond acceptors (Lipinski definition) is 1. The molecule has 0 aliphatic heterocycles. The van der Waals surface area contributed by atoms with Gasteiger partial charge in [-0.25, -0.2) is 0 Å². The second-order valence-electron chi connectivity index (χ2n) is 3.70. The van der Waals surface area contributed by atoms with Crippen molar-refractivity contribution in [2.75, 3.05) is 20.6 Å². The summed E-state index contributed by atoms with van der Waals surface area (Å²) in [6, 6.07) is 0. The van der Waals surface area contributed by atoms with Gasteiger partial charge in [-0.15, -0.1) is 0 Å². The van der Waals surface area contributed by atoms with Crippen molar-refractivity contribution in [1.29, 1.82) is 0 Å². The first kappa shape index (κ1) is 11.9. The van der Waals surface area contributed by atoms with Crippen LogP contribution in [0.3, 0.4) is 0 Å². The van der Waals surface area contributed by atoms with Crippen LogP contribution >= 0.6 is 0 Å². The Morgan fingerprint density at radius 3 is 2.25 bits per heavy atom. The molecule has 12 heavy (non-hydrogen) atoms. The number of rotatable bonds is 7. The zero-order chi connectivity index (χ0) is 9.40. The van der Waals surface area contributed by atoms with Crippen molar-refractivity contribution in [2.45, 2.75) is 45.7 Å². The van der Waals surface area contributed by atoms with Gasteiger partial charge in [-0.2, -0.15) is 0 Å². The van der Waals surface area contributed by atoms with Gasteiger partial charge in [-0.3, -0.25) is 5.32 Å². The van der Waals surface area contributed by atoms with E-state index in [0.717, 1.165) is 0 Å². The zero-order valence-electron chi connectivity index (χ0n) is 9.11. The molecule has 0 bridgehead atoms. The summed E-state index contributed by atoms with van der Waals surface area (Å²) in [5.41, 5.74) is 0. The van der Waals surface area contributed by atoms with Gasteiger partial charge < -0.3 is 4.90 Å². The molecule has 0 aliphatic rings. The maximum atomic E-state index is 3.57. The summed E-state index contributed by atoms with van der Waals surface area (Å²) in [7, 11) is 4.42. The molecule has 0 amide bonds. The fourth-order valence-electron chi connectivity index (χ4n) is 1.41. The summed E-state index contributed by atoms with van der Waals surface area (Å²) >= 11 is 0. The van der Waals surface area contributed by atoms with Crippen LogP contribution in [-0.4, -0.2) is 26.8 Å². The Morgan fingerprint density at radius 2 is 1.83 bits per heavy atom. The summed E-state index contributed by atoms with van der Waals surface area (Å²) in [5.74, 6) is 0. The molecule has 2 nitrogen and oxygen atoms in total. The second kappa shape index (κ2) is 7.56. The standard InChI is InChI=1S/C10H24N2/c1-5-7-8-9-11-10(6-2)12(3)4/h10-11H,5-9H2,1-4H3/p+1. The molecule has 0 fully saturated rings. The lowest BCUT2D eigenvalue weighted by Crippen LogP contribution is -3.12. The first-order chi connectivity index (χ1) is 5.72. The highest BCUT2D eigenvalue weighted by molar-refractivity contribution is 4.50. The molecule has 1 unspecified atom stereocenters. The van der Waals surface area contributed by atoms with E-state index in [4.69, 9.17) is 0 Å². The monoisotopic (exact) mass is 173 g/mol. The van der Waals surface area contributed by atoms with Gasteiger partial charge in [-0.1, -0.05) is 26.7 Å². The lowest BCUT2D eigenvalue weighted by molar-refractivity contribution is -0.889. The van der Waals surface area contributed by atoms with E-state index >= 15 is 0 Å². The van der Waals surface area contributed by atoms with Crippen LogP contribution in [0.15, 0.2) is 0 Å². The van der Waals surface area contributed by atoms with Crippen LogP contribution in [0, 0.1) is 0 Å². The molecule has 74 valence electrons. The van der Waals surface area contributed by atoms with E-state index in [0.29, 0.717) is 6.17 Å². The minimum Gasteiger partial charge on any atom is -0.325 e. The molecular weight excluding hydrogens is 148 g/mol. The third kappa shape index (κ3) is 5.56. The molecule has 2 heteroatoms. The Bertz CT molecular complexity index is 91.8. The molecule has 0 aromatic heterocycles. The van der Waals surface area contributed by atoms with Crippen LogP contribution in [0.2, 0.25) is 0 Å². The second-order valence-corrected chi connectivity index (χ2v) is 3.70. The van der Waals surface area contributed by atoms with Gasteiger partial charge in [0.2, 0.25) is 0 Å². The molecule has 0 heterocycles. The molecule has 0 aromatic rings. The third-order valence-electron chi connectivity index (χ3n) is 2.28. The first-order valence-electron chi connectivity index (χ1n) is 5.25. The van der Waals surface area contributed by atoms with Crippen LogP contribution in [-0.2, 0) is 0 Å². The lowest BCUT2D eigenvalue weighted by Gasteiger charge is -2.20. The predicted octanol–water partition coefficient (Wildman–Crippen LogP) is 0.647. The van der Waals surface area contributed by atoms with E-state index in [1.165, 1.54) is 37.1 Å². The van der Waals surface area contributed by atoms with E-state index in [-0.39, 0.29) is 0 Å². The fraction of sp³-hybridized carbons (Fsp3) is 1.00. The van der Waals surface area contributed by atoms with Gasteiger partial charge in [-0.05, 0) is 6.42 Å². The number of nitrogens with one attached hydrogen (secondary N) is 2. The summed E-state index contributed by atoms with van der Waals surface area (Å²) < 4.78 is 0. The van der Waals surface area contributed by atoms with Crippen molar-refractivity contribution >= 4 is 0 Å². The van der Waals surface area contributed by atoms with Gasteiger partial charge in [0, 0.05) is 13.0 Å². The Balaban J connectivity index is 3.32. The molecule has 0 aromatic carbocycles. The summed E-state index contributed by atoms with van der Waals surface area (Å²) in [6.07, 6.45) is 5.84. The first-order valence-corrected chi connectivity index (χ1v) is 5.25. The van der Waals surface area contributed by atoms with E-state index in [2.05, 4.69) is 33.3 Å². The van der Waals surface area contributed by atoms with Gasteiger partial charge in [0.25, 0.3) is 0 Å². The maximum Gasteiger partial charge on any atom is 0.140 e. The number of unbranched alkanes of at least 4 members (excludes halogenated alkanes) is 2. The molecule has 0 rings (SSSR count). The highest BCUT2D eigenvalue weighted by Crippen LogP contribution is 1.91. The van der Waals surface area contributed by atoms with Gasteiger partial charge >= 0.3 is 0 Å². The van der Waals surface area contributed by atoms with Crippen molar-refractivity contribution in [3.05, 3.63) is 0 Å². The van der Waals surface area contributed by atoms with Crippen molar-refractivity contribution in [3.8, 4) is 0 Å². The molecular formula is C10H25N2+. The molecule has 2 N–H and O–H groups in total. The van der Waals surface area contributed by atoms with Crippen molar-refractivity contribution in [3.63, 3.8) is 0 Å². The zero-order valence-corrected chi connectivity index (χ0v) is 9.11. The Hall–Kier alpha value is -0.0800. The Labute approximate surface area is 77.3 Å². The average Bonchev–Trinajstić information content (AvgIpc) is 2.04. The summed E-state index contributed by atoms with van der Waals surface area (Å²) in [4.78, 5) is 1.51. The van der Waals surface area contributed by atoms with Crippen LogP contribution in [0.1, 0.15) is 39.5 Å². The quantitative estimate of drug-likeness (QED) is 0.427. The van der Waals surface area contributed by atoms with Crippen LogP contribution in [0.25, 0.3) is 0 Å². The van der Waals surface area contributed by atoms with Crippen molar-refractivity contribution < 1.29 is 4.90 Å². The van der Waals surface area contributed by atoms with Gasteiger partial charge in [0.05, 0.1) is 14.1 Å². The molecule has 1 atom stereocenters. The third-order valence-corrected chi connectivity index (χ3v) is 2.28. The largest absolute Gasteiger partial charge is 0.325 e. The highest BCUT2D eigenvalue weighted by atomic mass is 15.2. The van der Waals surface area contributed by atoms with E-state index < -0.39 is 0 Å². The molecule has 0 aliphatic carbocycles. The molecule has 0 spiro atoms. The van der Waals surface area contributed by atoms with Gasteiger partial charge in [0.15, 0.2) is 0 Å². The Kier molecular flexibility index (Phi) is 7.51. The maximum absolute atomic E-state index is 3.57. The lowest BCUT2D eigenvalue weighted by atomic mass is 10.2. The van der Waals surface area contributed by atoms with E-state index in [9.17, 15) is 0 Å². The van der Waals surface area contributed by atoms with Crippen molar-refractivity contribution in [1.82, 2.24) is 5.32 Å². The number of quaternary nitrogens is 1. The topological polar surface area (TPSA) is 16.5 Å². The molecule has 0 radical (unpaired) electrons. The van der Waals surface area contributed by atoms with Crippen LogP contribution in [0.5, 0.6) is 0 Å². The average molecular weight is 173 g/mol. The highest BCUT2D eigenvalue weighted by Gasteiger charge is 2.09. The van der Waals surface area contributed by atoms with Crippen molar-refractivity contribution in [2.24, 2.45) is 0 Å². The minimum absolute atomic E-state index is 0.641. The summed E-state index contributed by atoms with van der Waals surface area (Å²) in [6.45, 7) is 5.66. The number of hydrogen-bond donors (Lipinski definition) is 2. The predicted molar refractivity (Wildman–Crippen MR) is 54.4 cm³/mol. The summed E-state index contributed by atoms with van der Waals surface area (Å²) in [5, 5.41) is 3.57. The minimum atomic E-state index is 0.641.